The van der Waals surface area contributed by atoms with Crippen molar-refractivity contribution in [3.8, 4) is 0 Å². The van der Waals surface area contributed by atoms with Gasteiger partial charge in [0.05, 0.1) is 18.0 Å². The molecule has 1 atom stereocenters. The van der Waals surface area contributed by atoms with E-state index in [4.69, 9.17) is 5.11 Å². The lowest BCUT2D eigenvalue weighted by Crippen LogP contribution is -2.26. The summed E-state index contributed by atoms with van der Waals surface area (Å²) in [6, 6.07) is 12.1. The van der Waals surface area contributed by atoms with E-state index in [2.05, 4.69) is 60.7 Å². The van der Waals surface area contributed by atoms with Crippen LogP contribution >= 0.6 is 11.3 Å². The minimum absolute atomic E-state index is 0.0931. The number of amides is 1. The smallest absolute Gasteiger partial charge is 0.305 e. The zero-order chi connectivity index (χ0) is 21.7. The highest BCUT2D eigenvalue weighted by molar-refractivity contribution is 7.19. The molecule has 3 N–H and O–H groups in total. The molecule has 2 aromatic heterocycles. The lowest BCUT2D eigenvalue weighted by Gasteiger charge is -2.21. The summed E-state index contributed by atoms with van der Waals surface area (Å²) < 4.78 is 1.28. The summed E-state index contributed by atoms with van der Waals surface area (Å²) in [6.07, 6.45) is 2.37. The van der Waals surface area contributed by atoms with Gasteiger partial charge >= 0.3 is 5.97 Å². The molecule has 0 aliphatic rings. The van der Waals surface area contributed by atoms with E-state index >= 15 is 0 Å². The van der Waals surface area contributed by atoms with Gasteiger partial charge in [0.2, 0.25) is 0 Å². The summed E-state index contributed by atoms with van der Waals surface area (Å²) in [5, 5.41) is 16.1. The Kier molecular flexibility index (Phi) is 7.05. The van der Waals surface area contributed by atoms with Crippen LogP contribution in [-0.2, 0) is 4.79 Å². The lowest BCUT2D eigenvalue weighted by atomic mass is 9.99. The third-order valence-electron chi connectivity index (χ3n) is 4.88. The number of anilines is 1. The van der Waals surface area contributed by atoms with E-state index in [1.807, 2.05) is 11.3 Å². The largest absolute Gasteiger partial charge is 0.481 e. The molecule has 158 valence electrons. The topological polar surface area (TPSA) is 91.3 Å². The molecule has 2 heterocycles. The molecule has 0 aliphatic carbocycles. The van der Waals surface area contributed by atoms with Gasteiger partial charge < -0.3 is 15.7 Å². The second kappa shape index (κ2) is 9.71. The predicted molar refractivity (Wildman–Crippen MR) is 121 cm³/mol. The van der Waals surface area contributed by atoms with Gasteiger partial charge in [-0.25, -0.2) is 4.98 Å². The molecule has 7 heteroatoms. The fourth-order valence-electron chi connectivity index (χ4n) is 3.41. The highest BCUT2D eigenvalue weighted by Crippen LogP contribution is 2.38. The van der Waals surface area contributed by atoms with E-state index in [-0.39, 0.29) is 24.9 Å². The minimum Gasteiger partial charge on any atom is -0.481 e. The van der Waals surface area contributed by atoms with Crippen LogP contribution in [0.3, 0.4) is 0 Å². The van der Waals surface area contributed by atoms with Crippen molar-refractivity contribution in [3.05, 3.63) is 58.6 Å². The van der Waals surface area contributed by atoms with Crippen LogP contribution in [0.1, 0.15) is 53.5 Å². The molecule has 1 amide bonds. The van der Waals surface area contributed by atoms with E-state index < -0.39 is 5.97 Å². The third-order valence-corrected chi connectivity index (χ3v) is 6.26. The number of aliphatic carboxylic acids is 1. The third kappa shape index (κ3) is 5.36. The van der Waals surface area contributed by atoms with Gasteiger partial charge in [-0.05, 0) is 48.4 Å². The van der Waals surface area contributed by atoms with Gasteiger partial charge in [-0.3, -0.25) is 9.59 Å². The van der Waals surface area contributed by atoms with E-state index in [0.717, 1.165) is 6.42 Å². The predicted octanol–water partition coefficient (Wildman–Crippen LogP) is 5.01. The molecule has 0 radical (unpaired) electrons. The number of carboxylic acid groups (broad SMARTS) is 1. The van der Waals surface area contributed by atoms with Crippen molar-refractivity contribution in [2.45, 2.75) is 39.7 Å². The van der Waals surface area contributed by atoms with Gasteiger partial charge in [-0.15, -0.1) is 11.3 Å². The first-order valence-corrected chi connectivity index (χ1v) is 10.9. The van der Waals surface area contributed by atoms with Gasteiger partial charge in [-0.1, -0.05) is 32.0 Å². The van der Waals surface area contributed by atoms with Crippen molar-refractivity contribution in [1.82, 2.24) is 10.3 Å². The Morgan fingerprint density at radius 1 is 1.17 bits per heavy atom. The zero-order valence-corrected chi connectivity index (χ0v) is 18.3. The Morgan fingerprint density at radius 3 is 2.57 bits per heavy atom. The van der Waals surface area contributed by atoms with E-state index in [0.29, 0.717) is 17.3 Å². The van der Waals surface area contributed by atoms with Crippen molar-refractivity contribution in [2.24, 2.45) is 5.92 Å². The number of benzene rings is 1. The standard InChI is InChI=1S/C23H27N3O3S/c1-14(2)12-18(22-15(3)17-6-4-5-7-19(17)30-22)26-20-9-8-16(13-25-20)23(29)24-11-10-21(27)28/h4-9,13-14,18H,10-12H2,1-3H3,(H,24,29)(H,25,26)(H,27,28). The number of hydrogen-bond donors (Lipinski definition) is 3. The van der Waals surface area contributed by atoms with Gasteiger partial charge in [-0.2, -0.15) is 0 Å². The van der Waals surface area contributed by atoms with E-state index in [1.54, 1.807) is 12.1 Å². The number of carbonyl (C=O) groups excluding carboxylic acids is 1. The van der Waals surface area contributed by atoms with Crippen LogP contribution in [0.15, 0.2) is 42.6 Å². The number of nitrogens with zero attached hydrogens (tertiary/aromatic N) is 1. The number of aromatic nitrogens is 1. The maximum Gasteiger partial charge on any atom is 0.305 e. The van der Waals surface area contributed by atoms with Gasteiger partial charge in [0.25, 0.3) is 5.91 Å². The number of nitrogens with one attached hydrogen (secondary N) is 2. The Morgan fingerprint density at radius 2 is 1.93 bits per heavy atom. The van der Waals surface area contributed by atoms with Gasteiger partial charge in [0, 0.05) is 22.3 Å². The number of carbonyl (C=O) groups is 2. The lowest BCUT2D eigenvalue weighted by molar-refractivity contribution is -0.136. The maximum absolute atomic E-state index is 12.1. The molecule has 0 fully saturated rings. The molecule has 0 aliphatic heterocycles. The Hall–Kier alpha value is -2.93. The SMILES string of the molecule is Cc1c(C(CC(C)C)Nc2ccc(C(=O)NCCC(=O)O)cn2)sc2ccccc12. The summed E-state index contributed by atoms with van der Waals surface area (Å²) in [6.45, 7) is 6.67. The number of rotatable bonds is 9. The quantitative estimate of drug-likeness (QED) is 0.448. The zero-order valence-electron chi connectivity index (χ0n) is 17.4. The summed E-state index contributed by atoms with van der Waals surface area (Å²) in [5.74, 6) is -0.0546. The molecule has 30 heavy (non-hydrogen) atoms. The summed E-state index contributed by atoms with van der Waals surface area (Å²) >= 11 is 1.81. The summed E-state index contributed by atoms with van der Waals surface area (Å²) in [4.78, 5) is 28.4. The molecule has 0 bridgehead atoms. The Balaban J connectivity index is 1.76. The Labute approximate surface area is 180 Å². The van der Waals surface area contributed by atoms with Crippen molar-refractivity contribution >= 4 is 39.1 Å². The molecule has 3 aromatic rings. The molecule has 0 spiro atoms. The normalized spacial score (nSPS) is 12.1. The minimum atomic E-state index is -0.944. The van der Waals surface area contributed by atoms with Crippen molar-refractivity contribution in [2.75, 3.05) is 11.9 Å². The molecular formula is C23H27N3O3S. The number of fused-ring (bicyclic) bond motifs is 1. The van der Waals surface area contributed by atoms with Crippen LogP contribution in [0.4, 0.5) is 5.82 Å². The van der Waals surface area contributed by atoms with Gasteiger partial charge in [0.1, 0.15) is 5.82 Å². The summed E-state index contributed by atoms with van der Waals surface area (Å²) in [5.41, 5.74) is 1.70. The fourth-order valence-corrected chi connectivity index (χ4v) is 4.68. The molecular weight excluding hydrogens is 398 g/mol. The highest BCUT2D eigenvalue weighted by Gasteiger charge is 2.20. The number of pyridine rings is 1. The first-order valence-electron chi connectivity index (χ1n) is 10.1. The molecule has 0 saturated carbocycles. The number of thiophene rings is 1. The van der Waals surface area contributed by atoms with Crippen LogP contribution in [-0.4, -0.2) is 28.5 Å². The molecule has 0 saturated heterocycles. The average molecular weight is 426 g/mol. The molecule has 1 aromatic carbocycles. The Bertz CT molecular complexity index is 1030. The van der Waals surface area contributed by atoms with Crippen LogP contribution in [0.5, 0.6) is 0 Å². The maximum atomic E-state index is 12.1. The number of carboxylic acids is 1. The van der Waals surface area contributed by atoms with Gasteiger partial charge in [0.15, 0.2) is 0 Å². The average Bonchev–Trinajstić information content (AvgIpc) is 3.04. The molecule has 6 nitrogen and oxygen atoms in total. The van der Waals surface area contributed by atoms with E-state index in [9.17, 15) is 9.59 Å². The summed E-state index contributed by atoms with van der Waals surface area (Å²) in [7, 11) is 0. The number of hydrogen-bond acceptors (Lipinski definition) is 5. The first kappa shape index (κ1) is 21.8. The number of aryl methyl sites for hydroxylation is 1. The first-order chi connectivity index (χ1) is 14.3. The molecule has 1 unspecified atom stereocenters. The van der Waals surface area contributed by atoms with Crippen molar-refractivity contribution < 1.29 is 14.7 Å². The van der Waals surface area contributed by atoms with Crippen molar-refractivity contribution in [1.29, 1.82) is 0 Å². The molecule has 3 rings (SSSR count). The van der Waals surface area contributed by atoms with Crippen LogP contribution in [0, 0.1) is 12.8 Å². The fraction of sp³-hybridized carbons (Fsp3) is 0.348. The highest BCUT2D eigenvalue weighted by atomic mass is 32.1. The van der Waals surface area contributed by atoms with Crippen LogP contribution in [0.25, 0.3) is 10.1 Å². The second-order valence-electron chi connectivity index (χ2n) is 7.75. The van der Waals surface area contributed by atoms with E-state index in [1.165, 1.54) is 26.7 Å². The second-order valence-corrected chi connectivity index (χ2v) is 8.83. The monoisotopic (exact) mass is 425 g/mol. The van der Waals surface area contributed by atoms with Crippen molar-refractivity contribution in [3.63, 3.8) is 0 Å². The van der Waals surface area contributed by atoms with Crippen LogP contribution < -0.4 is 10.6 Å². The van der Waals surface area contributed by atoms with Crippen LogP contribution in [0.2, 0.25) is 0 Å².